The smallest absolute Gasteiger partial charge is 0.325 e. The second-order valence-electron chi connectivity index (χ2n) is 4.22. The number of methoxy groups -OCH3 is 1. The Hall–Kier alpha value is -2.04. The lowest BCUT2D eigenvalue weighted by Gasteiger charge is -2.23. The first-order valence-electron chi connectivity index (χ1n) is 5.81. The fraction of sp³-hybridized carbons (Fsp3) is 0.385. The number of rotatable bonds is 2. The first kappa shape index (κ1) is 12.4. The number of esters is 1. The number of ether oxygens (including phenoxy) is 1. The van der Waals surface area contributed by atoms with Gasteiger partial charge in [-0.05, 0) is 12.1 Å². The average Bonchev–Trinajstić information content (AvgIpc) is 2.51. The minimum Gasteiger partial charge on any atom is -0.468 e. The van der Waals surface area contributed by atoms with Crippen LogP contribution < -0.4 is 9.80 Å². The minimum absolute atomic E-state index is 0.0415. The molecule has 0 radical (unpaired) electrons. The van der Waals surface area contributed by atoms with E-state index in [4.69, 9.17) is 0 Å². The van der Waals surface area contributed by atoms with Crippen LogP contribution in [0.4, 0.5) is 11.4 Å². The lowest BCUT2D eigenvalue weighted by Crippen LogP contribution is -2.35. The number of anilines is 2. The molecule has 1 heterocycles. The Balaban J connectivity index is 2.39. The molecule has 2 rings (SSSR count). The molecule has 5 heteroatoms. The Morgan fingerprint density at radius 3 is 2.67 bits per heavy atom. The van der Waals surface area contributed by atoms with E-state index in [1.165, 1.54) is 12.0 Å². The Kier molecular flexibility index (Phi) is 3.50. The topological polar surface area (TPSA) is 49.9 Å². The summed E-state index contributed by atoms with van der Waals surface area (Å²) in [5.74, 6) is -0.472. The summed E-state index contributed by atoms with van der Waals surface area (Å²) >= 11 is 0. The number of nitrogens with zero attached hydrogens (tertiary/aromatic N) is 2. The highest BCUT2D eigenvalue weighted by atomic mass is 16.5. The van der Waals surface area contributed by atoms with E-state index in [-0.39, 0.29) is 12.5 Å². The second kappa shape index (κ2) is 5.08. The van der Waals surface area contributed by atoms with Crippen LogP contribution >= 0.6 is 0 Å². The molecule has 18 heavy (non-hydrogen) atoms. The lowest BCUT2D eigenvalue weighted by molar-refractivity contribution is -0.140. The van der Waals surface area contributed by atoms with Gasteiger partial charge in [0, 0.05) is 20.0 Å². The van der Waals surface area contributed by atoms with Gasteiger partial charge in [-0.15, -0.1) is 0 Å². The van der Waals surface area contributed by atoms with Gasteiger partial charge < -0.3 is 9.64 Å². The van der Waals surface area contributed by atoms with Gasteiger partial charge >= 0.3 is 5.97 Å². The SMILES string of the molecule is COC(=O)CN1C(=O)CCN(C)c2ccccc21. The summed E-state index contributed by atoms with van der Waals surface area (Å²) in [5.41, 5.74) is 1.71. The summed E-state index contributed by atoms with van der Waals surface area (Å²) in [6.07, 6.45) is 0.391. The molecule has 0 bridgehead atoms. The Morgan fingerprint density at radius 1 is 1.33 bits per heavy atom. The molecular formula is C13H16N2O3. The number of hydrogen-bond acceptors (Lipinski definition) is 4. The minimum atomic E-state index is -0.414. The normalized spacial score (nSPS) is 15.1. The van der Waals surface area contributed by atoms with Crippen LogP contribution in [0.25, 0.3) is 0 Å². The maximum absolute atomic E-state index is 12.1. The molecule has 0 spiro atoms. The van der Waals surface area contributed by atoms with E-state index in [2.05, 4.69) is 4.74 Å². The van der Waals surface area contributed by atoms with Crippen molar-refractivity contribution < 1.29 is 14.3 Å². The van der Waals surface area contributed by atoms with Gasteiger partial charge in [-0.3, -0.25) is 14.5 Å². The number of carbonyl (C=O) groups excluding carboxylic acids is 2. The van der Waals surface area contributed by atoms with Crippen molar-refractivity contribution in [1.29, 1.82) is 0 Å². The van der Waals surface area contributed by atoms with E-state index in [0.29, 0.717) is 13.0 Å². The molecule has 1 amide bonds. The van der Waals surface area contributed by atoms with Crippen molar-refractivity contribution in [3.05, 3.63) is 24.3 Å². The lowest BCUT2D eigenvalue weighted by atomic mass is 10.2. The first-order valence-corrected chi connectivity index (χ1v) is 5.81. The molecule has 1 aromatic rings. The molecule has 0 fully saturated rings. The van der Waals surface area contributed by atoms with E-state index < -0.39 is 5.97 Å². The summed E-state index contributed by atoms with van der Waals surface area (Å²) in [6.45, 7) is 0.605. The molecule has 0 unspecified atom stereocenters. The third-order valence-electron chi connectivity index (χ3n) is 3.06. The highest BCUT2D eigenvalue weighted by Gasteiger charge is 2.26. The highest BCUT2D eigenvalue weighted by molar-refractivity contribution is 6.01. The van der Waals surface area contributed by atoms with E-state index in [1.54, 1.807) is 0 Å². The van der Waals surface area contributed by atoms with Crippen molar-refractivity contribution in [2.45, 2.75) is 6.42 Å². The van der Waals surface area contributed by atoms with Gasteiger partial charge in [0.2, 0.25) is 5.91 Å². The largest absolute Gasteiger partial charge is 0.468 e. The summed E-state index contributed by atoms with van der Waals surface area (Å²) in [7, 11) is 3.26. The second-order valence-corrected chi connectivity index (χ2v) is 4.22. The van der Waals surface area contributed by atoms with Gasteiger partial charge in [0.15, 0.2) is 0 Å². The molecule has 96 valence electrons. The molecule has 0 N–H and O–H groups in total. The fourth-order valence-corrected chi connectivity index (χ4v) is 2.04. The molecule has 1 aliphatic heterocycles. The van der Waals surface area contributed by atoms with Crippen LogP contribution in [0, 0.1) is 0 Å². The van der Waals surface area contributed by atoms with E-state index in [0.717, 1.165) is 11.4 Å². The van der Waals surface area contributed by atoms with Crippen LogP contribution in [-0.4, -0.2) is 39.1 Å². The third kappa shape index (κ3) is 2.30. The first-order chi connectivity index (χ1) is 8.63. The quantitative estimate of drug-likeness (QED) is 0.734. The van der Waals surface area contributed by atoms with Crippen LogP contribution in [0.1, 0.15) is 6.42 Å². The number of amides is 1. The van der Waals surface area contributed by atoms with Gasteiger partial charge in [0.05, 0.1) is 18.5 Å². The number of fused-ring (bicyclic) bond motifs is 1. The van der Waals surface area contributed by atoms with Gasteiger partial charge in [0.1, 0.15) is 6.54 Å². The zero-order chi connectivity index (χ0) is 13.1. The highest BCUT2D eigenvalue weighted by Crippen LogP contribution is 2.31. The third-order valence-corrected chi connectivity index (χ3v) is 3.06. The summed E-state index contributed by atoms with van der Waals surface area (Å²) in [6, 6.07) is 7.56. The number of hydrogen-bond donors (Lipinski definition) is 0. The zero-order valence-corrected chi connectivity index (χ0v) is 10.5. The Bertz CT molecular complexity index is 473. The van der Waals surface area contributed by atoms with E-state index in [1.807, 2.05) is 36.2 Å². The van der Waals surface area contributed by atoms with Gasteiger partial charge in [-0.1, -0.05) is 12.1 Å². The van der Waals surface area contributed by atoms with Crippen LogP contribution in [0.2, 0.25) is 0 Å². The molecule has 1 aliphatic rings. The monoisotopic (exact) mass is 248 g/mol. The van der Waals surface area contributed by atoms with Crippen LogP contribution in [-0.2, 0) is 14.3 Å². The molecule has 0 atom stereocenters. The maximum atomic E-state index is 12.1. The molecule has 1 aromatic carbocycles. The predicted molar refractivity (Wildman–Crippen MR) is 68.7 cm³/mol. The summed E-state index contributed by atoms with van der Waals surface area (Å²) < 4.78 is 4.64. The van der Waals surface area contributed by atoms with Crippen LogP contribution in [0.5, 0.6) is 0 Å². The molecule has 0 saturated heterocycles. The summed E-state index contributed by atoms with van der Waals surface area (Å²) in [4.78, 5) is 27.0. The van der Waals surface area contributed by atoms with Crippen molar-refractivity contribution in [3.8, 4) is 0 Å². The Morgan fingerprint density at radius 2 is 2.00 bits per heavy atom. The Labute approximate surface area is 106 Å². The predicted octanol–water partition coefficient (Wildman–Crippen LogP) is 1.03. The van der Waals surface area contributed by atoms with Gasteiger partial charge in [-0.25, -0.2) is 0 Å². The van der Waals surface area contributed by atoms with Crippen LogP contribution in [0.15, 0.2) is 24.3 Å². The molecule has 0 aromatic heterocycles. The van der Waals surface area contributed by atoms with Gasteiger partial charge in [-0.2, -0.15) is 0 Å². The average molecular weight is 248 g/mol. The van der Waals surface area contributed by atoms with Crippen molar-refractivity contribution in [2.24, 2.45) is 0 Å². The molecule has 5 nitrogen and oxygen atoms in total. The van der Waals surface area contributed by atoms with Crippen molar-refractivity contribution in [1.82, 2.24) is 0 Å². The molecular weight excluding hydrogens is 232 g/mol. The number of carbonyl (C=O) groups is 2. The molecule has 0 aliphatic carbocycles. The fourth-order valence-electron chi connectivity index (χ4n) is 2.04. The maximum Gasteiger partial charge on any atom is 0.325 e. The van der Waals surface area contributed by atoms with Crippen LogP contribution in [0.3, 0.4) is 0 Å². The van der Waals surface area contributed by atoms with Gasteiger partial charge in [0.25, 0.3) is 0 Å². The van der Waals surface area contributed by atoms with E-state index >= 15 is 0 Å². The van der Waals surface area contributed by atoms with Crippen molar-refractivity contribution in [2.75, 3.05) is 37.0 Å². The zero-order valence-electron chi connectivity index (χ0n) is 10.5. The van der Waals surface area contributed by atoms with Crippen molar-refractivity contribution in [3.63, 3.8) is 0 Å². The molecule has 0 saturated carbocycles. The number of para-hydroxylation sites is 2. The standard InChI is InChI=1S/C13H16N2O3/c1-14-8-7-12(16)15(9-13(17)18-2)11-6-4-3-5-10(11)14/h3-6H,7-9H2,1-2H3. The van der Waals surface area contributed by atoms with E-state index in [9.17, 15) is 9.59 Å². The number of benzene rings is 1. The van der Waals surface area contributed by atoms with Crippen molar-refractivity contribution >= 4 is 23.3 Å². The summed E-state index contributed by atoms with van der Waals surface area (Å²) in [5, 5.41) is 0.